The van der Waals surface area contributed by atoms with Crippen LogP contribution in [-0.4, -0.2) is 13.2 Å². The Labute approximate surface area is 186 Å². The molecule has 0 aliphatic carbocycles. The van der Waals surface area contributed by atoms with Gasteiger partial charge in [0.15, 0.2) is 11.5 Å². The third kappa shape index (κ3) is 3.46. The molecule has 0 radical (unpaired) electrons. The molecule has 4 nitrogen and oxygen atoms in total. The maximum Gasteiger partial charge on any atom is 0.163 e. The fourth-order valence-electron chi connectivity index (χ4n) is 4.08. The first-order chi connectivity index (χ1) is 15.8. The minimum atomic E-state index is 0.554. The average Bonchev–Trinajstić information content (AvgIpc) is 3.29. The number of hydrogen-bond donors (Lipinski definition) is 1. The van der Waals surface area contributed by atoms with Crippen LogP contribution in [0.3, 0.4) is 0 Å². The zero-order valence-corrected chi connectivity index (χ0v) is 17.4. The first kappa shape index (κ1) is 18.6. The van der Waals surface area contributed by atoms with Crippen LogP contribution in [0.2, 0.25) is 0 Å². The SMILES string of the molecule is c1ccc(-c2cc3c(cc2Nc2cccc(-c4cc5ccccc5o4)c2)OCCO3)cc1. The molecule has 1 N–H and O–H groups in total. The minimum absolute atomic E-state index is 0.554. The highest BCUT2D eigenvalue weighted by Gasteiger charge is 2.17. The Balaban J connectivity index is 1.40. The molecule has 1 aliphatic rings. The van der Waals surface area contributed by atoms with Crippen molar-refractivity contribution >= 4 is 22.3 Å². The van der Waals surface area contributed by atoms with Gasteiger partial charge in [-0.15, -0.1) is 0 Å². The van der Waals surface area contributed by atoms with Gasteiger partial charge in [-0.25, -0.2) is 0 Å². The molecule has 6 rings (SSSR count). The molecule has 0 saturated carbocycles. The van der Waals surface area contributed by atoms with Gasteiger partial charge in [0.2, 0.25) is 0 Å². The van der Waals surface area contributed by atoms with Gasteiger partial charge < -0.3 is 19.2 Å². The van der Waals surface area contributed by atoms with Gasteiger partial charge in [-0.05, 0) is 35.9 Å². The summed E-state index contributed by atoms with van der Waals surface area (Å²) in [7, 11) is 0. The van der Waals surface area contributed by atoms with Crippen molar-refractivity contribution in [2.75, 3.05) is 18.5 Å². The fourth-order valence-corrected chi connectivity index (χ4v) is 4.08. The summed E-state index contributed by atoms with van der Waals surface area (Å²) in [5.74, 6) is 2.38. The lowest BCUT2D eigenvalue weighted by Gasteiger charge is -2.22. The zero-order chi connectivity index (χ0) is 21.3. The van der Waals surface area contributed by atoms with E-state index in [0.29, 0.717) is 13.2 Å². The molecule has 0 fully saturated rings. The van der Waals surface area contributed by atoms with Crippen molar-refractivity contribution in [3.8, 4) is 33.9 Å². The van der Waals surface area contributed by atoms with Gasteiger partial charge in [0.05, 0.1) is 5.69 Å². The largest absolute Gasteiger partial charge is 0.486 e. The molecule has 0 amide bonds. The van der Waals surface area contributed by atoms with E-state index in [2.05, 4.69) is 53.8 Å². The molecule has 1 aromatic heterocycles. The molecule has 0 bridgehead atoms. The summed E-state index contributed by atoms with van der Waals surface area (Å²) in [5, 5.41) is 4.68. The second-order valence-corrected chi connectivity index (χ2v) is 7.76. The summed E-state index contributed by atoms with van der Waals surface area (Å²) in [5.41, 5.74) is 6.01. The van der Waals surface area contributed by atoms with Crippen LogP contribution in [0.1, 0.15) is 0 Å². The summed E-state index contributed by atoms with van der Waals surface area (Å²) < 4.78 is 17.7. The molecule has 4 aromatic carbocycles. The second kappa shape index (κ2) is 7.82. The van der Waals surface area contributed by atoms with Gasteiger partial charge in [0.1, 0.15) is 24.6 Å². The highest BCUT2D eigenvalue weighted by molar-refractivity contribution is 5.86. The molecule has 0 unspecified atom stereocenters. The average molecular weight is 419 g/mol. The van der Waals surface area contributed by atoms with Gasteiger partial charge in [-0.3, -0.25) is 0 Å². The maximum absolute atomic E-state index is 6.06. The Morgan fingerprint density at radius 1 is 0.625 bits per heavy atom. The predicted octanol–water partition coefficient (Wildman–Crippen LogP) is 7.28. The van der Waals surface area contributed by atoms with Crippen molar-refractivity contribution in [1.29, 1.82) is 0 Å². The molecule has 5 aromatic rings. The number of para-hydroxylation sites is 1. The zero-order valence-electron chi connectivity index (χ0n) is 17.4. The molecule has 1 aliphatic heterocycles. The van der Waals surface area contributed by atoms with Crippen molar-refractivity contribution in [2.24, 2.45) is 0 Å². The lowest BCUT2D eigenvalue weighted by Crippen LogP contribution is -2.15. The molecule has 156 valence electrons. The van der Waals surface area contributed by atoms with E-state index < -0.39 is 0 Å². The standard InChI is InChI=1S/C28H21NO3/c1-2-7-19(8-3-1)23-17-27-28(31-14-13-30-27)18-24(23)29-22-11-6-10-20(15-22)26-16-21-9-4-5-12-25(21)32-26/h1-12,15-18,29H,13-14H2. The van der Waals surface area contributed by atoms with Crippen molar-refractivity contribution in [1.82, 2.24) is 0 Å². The minimum Gasteiger partial charge on any atom is -0.486 e. The Morgan fingerprint density at radius 2 is 1.38 bits per heavy atom. The number of benzene rings is 4. The van der Waals surface area contributed by atoms with Crippen LogP contribution in [0.5, 0.6) is 11.5 Å². The Hall–Kier alpha value is -4.18. The van der Waals surface area contributed by atoms with Crippen LogP contribution in [0.15, 0.2) is 101 Å². The van der Waals surface area contributed by atoms with Crippen LogP contribution in [-0.2, 0) is 0 Å². The summed E-state index contributed by atoms with van der Waals surface area (Å²) in [6, 6.07) is 32.7. The van der Waals surface area contributed by atoms with Crippen LogP contribution >= 0.6 is 0 Å². The maximum atomic E-state index is 6.06. The quantitative estimate of drug-likeness (QED) is 0.332. The highest BCUT2D eigenvalue weighted by Crippen LogP contribution is 2.41. The van der Waals surface area contributed by atoms with Gasteiger partial charge in [-0.2, -0.15) is 0 Å². The van der Waals surface area contributed by atoms with E-state index in [-0.39, 0.29) is 0 Å². The predicted molar refractivity (Wildman–Crippen MR) is 128 cm³/mol. The fraction of sp³-hybridized carbons (Fsp3) is 0.0714. The van der Waals surface area contributed by atoms with Gasteiger partial charge in [0.25, 0.3) is 0 Å². The lowest BCUT2D eigenvalue weighted by atomic mass is 10.0. The van der Waals surface area contributed by atoms with Crippen LogP contribution in [0.4, 0.5) is 11.4 Å². The Bertz CT molecular complexity index is 1370. The van der Waals surface area contributed by atoms with E-state index in [1.165, 1.54) is 0 Å². The summed E-state index contributed by atoms with van der Waals surface area (Å²) >= 11 is 0. The number of rotatable bonds is 4. The van der Waals surface area contributed by atoms with Crippen LogP contribution in [0, 0.1) is 0 Å². The first-order valence-electron chi connectivity index (χ1n) is 10.7. The Kier molecular flexibility index (Phi) is 4.54. The molecular weight excluding hydrogens is 398 g/mol. The number of furan rings is 1. The topological polar surface area (TPSA) is 43.6 Å². The number of anilines is 2. The van der Waals surface area contributed by atoms with Crippen molar-refractivity contribution in [2.45, 2.75) is 0 Å². The second-order valence-electron chi connectivity index (χ2n) is 7.76. The number of ether oxygens (including phenoxy) is 2. The third-order valence-corrected chi connectivity index (χ3v) is 5.62. The van der Waals surface area contributed by atoms with E-state index in [4.69, 9.17) is 13.9 Å². The molecular formula is C28H21NO3. The van der Waals surface area contributed by atoms with E-state index >= 15 is 0 Å². The first-order valence-corrected chi connectivity index (χ1v) is 10.7. The van der Waals surface area contributed by atoms with E-state index in [1.54, 1.807) is 0 Å². The van der Waals surface area contributed by atoms with Gasteiger partial charge in [-0.1, -0.05) is 60.7 Å². The molecule has 2 heterocycles. The number of fused-ring (bicyclic) bond motifs is 2. The summed E-state index contributed by atoms with van der Waals surface area (Å²) in [6.45, 7) is 1.12. The van der Waals surface area contributed by atoms with Crippen molar-refractivity contribution in [3.05, 3.63) is 97.1 Å². The molecule has 0 spiro atoms. The van der Waals surface area contributed by atoms with E-state index in [9.17, 15) is 0 Å². The molecule has 0 saturated heterocycles. The third-order valence-electron chi connectivity index (χ3n) is 5.62. The van der Waals surface area contributed by atoms with Crippen molar-refractivity contribution in [3.63, 3.8) is 0 Å². The van der Waals surface area contributed by atoms with Gasteiger partial charge in [0, 0.05) is 28.3 Å². The summed E-state index contributed by atoms with van der Waals surface area (Å²) in [4.78, 5) is 0. The highest BCUT2D eigenvalue weighted by atomic mass is 16.6. The van der Waals surface area contributed by atoms with Gasteiger partial charge >= 0.3 is 0 Å². The van der Waals surface area contributed by atoms with E-state index in [1.807, 2.05) is 48.5 Å². The number of hydrogen-bond acceptors (Lipinski definition) is 4. The van der Waals surface area contributed by atoms with E-state index in [0.717, 1.165) is 56.3 Å². The van der Waals surface area contributed by atoms with Crippen molar-refractivity contribution < 1.29 is 13.9 Å². The monoisotopic (exact) mass is 419 g/mol. The van der Waals surface area contributed by atoms with Crippen LogP contribution < -0.4 is 14.8 Å². The molecule has 0 atom stereocenters. The number of nitrogens with one attached hydrogen (secondary N) is 1. The normalized spacial score (nSPS) is 12.6. The smallest absolute Gasteiger partial charge is 0.163 e. The van der Waals surface area contributed by atoms with Crippen LogP contribution in [0.25, 0.3) is 33.4 Å². The summed E-state index contributed by atoms with van der Waals surface area (Å²) in [6.07, 6.45) is 0. The molecule has 4 heteroatoms. The lowest BCUT2D eigenvalue weighted by molar-refractivity contribution is 0.172. The molecule has 32 heavy (non-hydrogen) atoms. The Morgan fingerprint density at radius 3 is 2.22 bits per heavy atom.